The van der Waals surface area contributed by atoms with Crippen LogP contribution in [0.15, 0.2) is 22.7 Å². The quantitative estimate of drug-likeness (QED) is 0.864. The number of Topliss-reactive ketones (excluding diaryl/α,β-unsaturated/α-hetero) is 1. The van der Waals surface area contributed by atoms with E-state index in [0.717, 1.165) is 46.5 Å². The highest BCUT2D eigenvalue weighted by atomic mass is 79.9. The number of benzene rings is 1. The molecule has 1 N–H and O–H groups in total. The molecule has 21 heavy (non-hydrogen) atoms. The first-order chi connectivity index (χ1) is 10.1. The van der Waals surface area contributed by atoms with Crippen LogP contribution in [0.25, 0.3) is 0 Å². The van der Waals surface area contributed by atoms with Crippen LogP contribution in [-0.4, -0.2) is 22.1 Å². The molecule has 0 saturated heterocycles. The van der Waals surface area contributed by atoms with Gasteiger partial charge in [0.15, 0.2) is 5.78 Å². The summed E-state index contributed by atoms with van der Waals surface area (Å²) in [7, 11) is 1.89. The van der Waals surface area contributed by atoms with Crippen molar-refractivity contribution in [1.82, 2.24) is 9.78 Å². The third-order valence-corrected chi connectivity index (χ3v) is 4.89. The van der Waals surface area contributed by atoms with Gasteiger partial charge in [0.25, 0.3) is 0 Å². The summed E-state index contributed by atoms with van der Waals surface area (Å²) in [4.78, 5) is 12.5. The maximum absolute atomic E-state index is 12.5. The largest absolute Gasteiger partial charge is 0.384 e. The molecular weight excluding hydrogens is 330 g/mol. The third kappa shape index (κ3) is 2.62. The molecule has 2 aromatic rings. The van der Waals surface area contributed by atoms with Crippen LogP contribution in [0.3, 0.4) is 0 Å². The van der Waals surface area contributed by atoms with Crippen molar-refractivity contribution in [2.24, 2.45) is 7.05 Å². The number of rotatable bonds is 4. The number of aryl methyl sites for hydroxylation is 2. The molecule has 1 aliphatic heterocycles. The topological polar surface area (TPSA) is 46.9 Å². The molecule has 0 aliphatic carbocycles. The van der Waals surface area contributed by atoms with Crippen molar-refractivity contribution in [3.63, 3.8) is 0 Å². The van der Waals surface area contributed by atoms with Crippen molar-refractivity contribution in [3.05, 3.63) is 45.2 Å². The summed E-state index contributed by atoms with van der Waals surface area (Å²) in [5.74, 6) is 0.123. The van der Waals surface area contributed by atoms with E-state index in [9.17, 15) is 4.79 Å². The number of nitrogens with zero attached hydrogens (tertiary/aromatic N) is 2. The van der Waals surface area contributed by atoms with Gasteiger partial charge in [-0.15, -0.1) is 0 Å². The minimum atomic E-state index is 0.123. The number of anilines is 1. The summed E-state index contributed by atoms with van der Waals surface area (Å²) < 4.78 is 2.76. The fraction of sp³-hybridized carbons (Fsp3) is 0.375. The van der Waals surface area contributed by atoms with Crippen molar-refractivity contribution in [3.8, 4) is 0 Å². The van der Waals surface area contributed by atoms with Crippen LogP contribution < -0.4 is 5.32 Å². The van der Waals surface area contributed by atoms with Crippen LogP contribution in [0.5, 0.6) is 0 Å². The molecule has 0 amide bonds. The molecule has 0 radical (unpaired) electrons. The average molecular weight is 348 g/mol. The summed E-state index contributed by atoms with van der Waals surface area (Å²) in [6, 6.07) is 5.95. The van der Waals surface area contributed by atoms with Crippen molar-refractivity contribution >= 4 is 27.4 Å². The first kappa shape index (κ1) is 14.3. The lowest BCUT2D eigenvalue weighted by Gasteiger charge is -2.06. The predicted octanol–water partition coefficient (Wildman–Crippen LogP) is 3.14. The van der Waals surface area contributed by atoms with E-state index in [1.54, 1.807) is 4.68 Å². The summed E-state index contributed by atoms with van der Waals surface area (Å²) in [5.41, 5.74) is 5.08. The lowest BCUT2D eigenvalue weighted by molar-refractivity contribution is 0.0990. The van der Waals surface area contributed by atoms with E-state index in [1.165, 1.54) is 5.56 Å². The van der Waals surface area contributed by atoms with Crippen molar-refractivity contribution in [2.75, 3.05) is 11.9 Å². The molecule has 1 aromatic carbocycles. The molecule has 0 atom stereocenters. The number of halogens is 1. The maximum Gasteiger partial charge on any atom is 0.168 e. The highest BCUT2D eigenvalue weighted by molar-refractivity contribution is 9.10. The lowest BCUT2D eigenvalue weighted by Crippen LogP contribution is -2.08. The molecule has 1 aliphatic rings. The summed E-state index contributed by atoms with van der Waals surface area (Å²) >= 11 is 3.57. The number of ketones is 1. The highest BCUT2D eigenvalue weighted by Crippen LogP contribution is 2.26. The van der Waals surface area contributed by atoms with Crippen LogP contribution in [0.2, 0.25) is 0 Å². The molecule has 4 nitrogen and oxygen atoms in total. The van der Waals surface area contributed by atoms with Gasteiger partial charge in [-0.25, -0.2) is 0 Å². The molecule has 110 valence electrons. The average Bonchev–Trinajstić information content (AvgIpc) is 3.05. The Kier molecular flexibility index (Phi) is 3.85. The van der Waals surface area contributed by atoms with E-state index in [2.05, 4.69) is 39.3 Å². The maximum atomic E-state index is 12.5. The Morgan fingerprint density at radius 1 is 1.48 bits per heavy atom. The number of fused-ring (bicyclic) bond motifs is 1. The molecule has 0 spiro atoms. The first-order valence-corrected chi connectivity index (χ1v) is 7.99. The van der Waals surface area contributed by atoms with E-state index in [0.29, 0.717) is 6.42 Å². The summed E-state index contributed by atoms with van der Waals surface area (Å²) in [5, 5.41) is 7.75. The van der Waals surface area contributed by atoms with Crippen LogP contribution in [-0.2, 0) is 26.3 Å². The second-order valence-corrected chi connectivity index (χ2v) is 6.13. The SMILES string of the molecule is CCc1nn(C)c(CC(=O)c2ccc3c(c2)NCC3)c1Br. The fourth-order valence-electron chi connectivity index (χ4n) is 2.73. The smallest absolute Gasteiger partial charge is 0.168 e. The zero-order valence-corrected chi connectivity index (χ0v) is 13.8. The van der Waals surface area contributed by atoms with Gasteiger partial charge in [0.2, 0.25) is 0 Å². The Bertz CT molecular complexity index is 706. The molecule has 3 rings (SSSR count). The van der Waals surface area contributed by atoms with Crippen molar-refractivity contribution < 1.29 is 4.79 Å². The molecule has 2 heterocycles. The second-order valence-electron chi connectivity index (χ2n) is 5.33. The molecule has 5 heteroatoms. The Morgan fingerprint density at radius 2 is 2.29 bits per heavy atom. The van der Waals surface area contributed by atoms with Gasteiger partial charge in [-0.05, 0) is 40.4 Å². The van der Waals surface area contributed by atoms with Crippen LogP contribution in [0.4, 0.5) is 5.69 Å². The Labute approximate surface area is 132 Å². The zero-order chi connectivity index (χ0) is 15.0. The normalized spacial score (nSPS) is 13.1. The molecule has 1 aromatic heterocycles. The number of aromatic nitrogens is 2. The fourth-order valence-corrected chi connectivity index (χ4v) is 3.49. The van der Waals surface area contributed by atoms with E-state index in [4.69, 9.17) is 0 Å². The number of nitrogens with one attached hydrogen (secondary N) is 1. The van der Waals surface area contributed by atoms with Gasteiger partial charge in [0, 0.05) is 24.8 Å². The third-order valence-electron chi connectivity index (χ3n) is 3.97. The van der Waals surface area contributed by atoms with Gasteiger partial charge in [-0.2, -0.15) is 5.10 Å². The summed E-state index contributed by atoms with van der Waals surface area (Å²) in [6.45, 7) is 3.02. The molecule has 0 unspecified atom stereocenters. The number of hydrogen-bond donors (Lipinski definition) is 1. The molecular formula is C16H18BrN3O. The second kappa shape index (κ2) is 5.64. The Balaban J connectivity index is 1.85. The van der Waals surface area contributed by atoms with Crippen LogP contribution in [0.1, 0.15) is 34.2 Å². The van der Waals surface area contributed by atoms with E-state index in [1.807, 2.05) is 19.2 Å². The Hall–Kier alpha value is -1.62. The zero-order valence-electron chi connectivity index (χ0n) is 12.2. The monoisotopic (exact) mass is 347 g/mol. The molecule has 0 bridgehead atoms. The van der Waals surface area contributed by atoms with Gasteiger partial charge in [0.1, 0.15) is 0 Å². The van der Waals surface area contributed by atoms with Gasteiger partial charge < -0.3 is 5.32 Å². The summed E-state index contributed by atoms with van der Waals surface area (Å²) in [6.07, 6.45) is 2.26. The van der Waals surface area contributed by atoms with E-state index >= 15 is 0 Å². The van der Waals surface area contributed by atoms with Crippen LogP contribution >= 0.6 is 15.9 Å². The number of carbonyl (C=O) groups is 1. The van der Waals surface area contributed by atoms with Crippen molar-refractivity contribution in [2.45, 2.75) is 26.2 Å². The standard InChI is InChI=1S/C16H18BrN3O/c1-3-12-16(17)14(20(2)19-12)9-15(21)11-5-4-10-6-7-18-13(10)8-11/h4-5,8,18H,3,6-7,9H2,1-2H3. The Morgan fingerprint density at radius 3 is 3.00 bits per heavy atom. The van der Waals surface area contributed by atoms with E-state index in [-0.39, 0.29) is 5.78 Å². The number of hydrogen-bond acceptors (Lipinski definition) is 3. The van der Waals surface area contributed by atoms with Gasteiger partial charge >= 0.3 is 0 Å². The van der Waals surface area contributed by atoms with Crippen molar-refractivity contribution in [1.29, 1.82) is 0 Å². The highest BCUT2D eigenvalue weighted by Gasteiger charge is 2.18. The molecule has 0 fully saturated rings. The van der Waals surface area contributed by atoms with Gasteiger partial charge in [0.05, 0.1) is 22.3 Å². The lowest BCUT2D eigenvalue weighted by atomic mass is 10.0. The minimum absolute atomic E-state index is 0.123. The first-order valence-electron chi connectivity index (χ1n) is 7.20. The van der Waals surface area contributed by atoms with Gasteiger partial charge in [-0.1, -0.05) is 19.1 Å². The van der Waals surface area contributed by atoms with E-state index < -0.39 is 0 Å². The predicted molar refractivity (Wildman–Crippen MR) is 87.0 cm³/mol. The van der Waals surface area contributed by atoms with Crippen LogP contribution in [0, 0.1) is 0 Å². The van der Waals surface area contributed by atoms with Gasteiger partial charge in [-0.3, -0.25) is 9.48 Å². The number of carbonyl (C=O) groups excluding carboxylic acids is 1. The molecule has 0 saturated carbocycles. The minimum Gasteiger partial charge on any atom is -0.384 e.